The lowest BCUT2D eigenvalue weighted by atomic mass is 10.0. The van der Waals surface area contributed by atoms with Crippen molar-refractivity contribution in [1.82, 2.24) is 15.1 Å². The fourth-order valence-corrected chi connectivity index (χ4v) is 1.84. The van der Waals surface area contributed by atoms with E-state index in [0.29, 0.717) is 25.3 Å². The van der Waals surface area contributed by atoms with Gasteiger partial charge in [-0.25, -0.2) is 0 Å². The summed E-state index contributed by atoms with van der Waals surface area (Å²) >= 11 is 0. The number of ether oxygens (including phenoxy) is 1. The van der Waals surface area contributed by atoms with Gasteiger partial charge in [0.15, 0.2) is 5.69 Å². The molecule has 18 heavy (non-hydrogen) atoms. The number of nitrogens with one attached hydrogen (secondary N) is 1. The second-order valence-corrected chi connectivity index (χ2v) is 4.50. The molecule has 1 aliphatic heterocycles. The van der Waals surface area contributed by atoms with Crippen molar-refractivity contribution >= 4 is 11.6 Å². The Kier molecular flexibility index (Phi) is 3.53. The molecule has 0 bridgehead atoms. The van der Waals surface area contributed by atoms with Crippen molar-refractivity contribution in [3.8, 4) is 0 Å². The van der Waals surface area contributed by atoms with Gasteiger partial charge in [-0.05, 0) is 6.92 Å². The molecule has 1 aromatic heterocycles. The molecule has 100 valence electrons. The largest absolute Gasteiger partial charge is 0.396 e. The molecule has 0 radical (unpaired) electrons. The number of anilines is 1. The number of amides is 1. The SMILES string of the molecule is CCn1cc(N)c(C(=O)NCC2(O)CCOC2)n1. The number of rotatable bonds is 4. The highest BCUT2D eigenvalue weighted by Gasteiger charge is 2.33. The Balaban J connectivity index is 1.96. The molecule has 0 spiro atoms. The van der Waals surface area contributed by atoms with Crippen molar-refractivity contribution in [2.75, 3.05) is 25.5 Å². The summed E-state index contributed by atoms with van der Waals surface area (Å²) in [6.45, 7) is 3.46. The summed E-state index contributed by atoms with van der Waals surface area (Å²) in [7, 11) is 0. The van der Waals surface area contributed by atoms with Gasteiger partial charge in [-0.3, -0.25) is 9.48 Å². The predicted octanol–water partition coefficient (Wildman–Crippen LogP) is -0.634. The van der Waals surface area contributed by atoms with Crippen molar-refractivity contribution in [3.05, 3.63) is 11.9 Å². The van der Waals surface area contributed by atoms with Crippen LogP contribution in [-0.4, -0.2) is 46.2 Å². The molecular weight excluding hydrogens is 236 g/mol. The minimum Gasteiger partial charge on any atom is -0.396 e. The number of nitrogens with zero attached hydrogens (tertiary/aromatic N) is 2. The van der Waals surface area contributed by atoms with Crippen LogP contribution >= 0.6 is 0 Å². The maximum Gasteiger partial charge on any atom is 0.274 e. The molecule has 1 amide bonds. The molecule has 1 unspecified atom stereocenters. The van der Waals surface area contributed by atoms with E-state index in [1.165, 1.54) is 0 Å². The van der Waals surface area contributed by atoms with Crippen LogP contribution in [0.15, 0.2) is 6.20 Å². The van der Waals surface area contributed by atoms with Gasteiger partial charge in [-0.15, -0.1) is 0 Å². The first-order valence-electron chi connectivity index (χ1n) is 5.95. The van der Waals surface area contributed by atoms with Gasteiger partial charge in [0.05, 0.1) is 12.3 Å². The summed E-state index contributed by atoms with van der Waals surface area (Å²) in [5, 5.41) is 16.7. The minimum absolute atomic E-state index is 0.143. The van der Waals surface area contributed by atoms with Gasteiger partial charge in [0.25, 0.3) is 5.91 Å². The van der Waals surface area contributed by atoms with Gasteiger partial charge in [-0.2, -0.15) is 5.10 Å². The number of aliphatic hydroxyl groups is 1. The van der Waals surface area contributed by atoms with E-state index >= 15 is 0 Å². The van der Waals surface area contributed by atoms with Gasteiger partial charge in [0.2, 0.25) is 0 Å². The van der Waals surface area contributed by atoms with Crippen LogP contribution in [0.25, 0.3) is 0 Å². The van der Waals surface area contributed by atoms with Crippen molar-refractivity contribution in [2.24, 2.45) is 0 Å². The Labute approximate surface area is 105 Å². The molecule has 1 saturated heterocycles. The van der Waals surface area contributed by atoms with Gasteiger partial charge in [0.1, 0.15) is 5.60 Å². The third-order valence-electron chi connectivity index (χ3n) is 2.99. The molecular formula is C11H18N4O3. The van der Waals surface area contributed by atoms with E-state index in [4.69, 9.17) is 10.5 Å². The number of carbonyl (C=O) groups excluding carboxylic acids is 1. The summed E-state index contributed by atoms with van der Waals surface area (Å²) in [6.07, 6.45) is 2.13. The second kappa shape index (κ2) is 4.95. The van der Waals surface area contributed by atoms with Gasteiger partial charge in [-0.1, -0.05) is 0 Å². The number of carbonyl (C=O) groups is 1. The smallest absolute Gasteiger partial charge is 0.274 e. The van der Waals surface area contributed by atoms with Crippen LogP contribution in [0.5, 0.6) is 0 Å². The van der Waals surface area contributed by atoms with E-state index in [1.54, 1.807) is 10.9 Å². The molecule has 0 aliphatic carbocycles. The van der Waals surface area contributed by atoms with E-state index in [0.717, 1.165) is 0 Å². The number of hydrogen-bond acceptors (Lipinski definition) is 5. The standard InChI is InChI=1S/C11H18N4O3/c1-2-15-5-8(12)9(14-15)10(16)13-6-11(17)3-4-18-7-11/h5,17H,2-4,6-7,12H2,1H3,(H,13,16). The third-order valence-corrected chi connectivity index (χ3v) is 2.99. The normalized spacial score (nSPS) is 23.2. The maximum atomic E-state index is 11.9. The lowest BCUT2D eigenvalue weighted by Gasteiger charge is -2.20. The summed E-state index contributed by atoms with van der Waals surface area (Å²) in [5.41, 5.74) is 5.26. The summed E-state index contributed by atoms with van der Waals surface area (Å²) in [5.74, 6) is -0.375. The molecule has 2 rings (SSSR count). The maximum absolute atomic E-state index is 11.9. The quantitative estimate of drug-likeness (QED) is 0.663. The second-order valence-electron chi connectivity index (χ2n) is 4.50. The first-order chi connectivity index (χ1) is 8.54. The third kappa shape index (κ3) is 2.62. The summed E-state index contributed by atoms with van der Waals surface area (Å²) in [6, 6.07) is 0. The van der Waals surface area contributed by atoms with Crippen LogP contribution < -0.4 is 11.1 Å². The zero-order chi connectivity index (χ0) is 13.2. The molecule has 7 heteroatoms. The van der Waals surface area contributed by atoms with Crippen molar-refractivity contribution < 1.29 is 14.6 Å². The Hall–Kier alpha value is -1.60. The Morgan fingerprint density at radius 3 is 3.11 bits per heavy atom. The molecule has 1 aliphatic rings. The molecule has 0 saturated carbocycles. The zero-order valence-corrected chi connectivity index (χ0v) is 10.3. The first-order valence-corrected chi connectivity index (χ1v) is 5.95. The summed E-state index contributed by atoms with van der Waals surface area (Å²) < 4.78 is 6.69. The number of aryl methyl sites for hydroxylation is 1. The van der Waals surface area contributed by atoms with E-state index in [9.17, 15) is 9.90 Å². The lowest BCUT2D eigenvalue weighted by molar-refractivity contribution is 0.0264. The number of nitrogen functional groups attached to an aromatic ring is 1. The van der Waals surface area contributed by atoms with Crippen LogP contribution in [0.3, 0.4) is 0 Å². The van der Waals surface area contributed by atoms with Crippen LogP contribution in [0.2, 0.25) is 0 Å². The molecule has 1 atom stereocenters. The highest BCUT2D eigenvalue weighted by atomic mass is 16.5. The van der Waals surface area contributed by atoms with E-state index in [1.807, 2.05) is 6.92 Å². The predicted molar refractivity (Wildman–Crippen MR) is 65.0 cm³/mol. The molecule has 4 N–H and O–H groups in total. The molecule has 7 nitrogen and oxygen atoms in total. The van der Waals surface area contributed by atoms with Crippen LogP contribution in [0, 0.1) is 0 Å². The summed E-state index contributed by atoms with van der Waals surface area (Å²) in [4.78, 5) is 11.9. The monoisotopic (exact) mass is 254 g/mol. The highest BCUT2D eigenvalue weighted by Crippen LogP contribution is 2.17. The molecule has 1 fully saturated rings. The average molecular weight is 254 g/mol. The van der Waals surface area contributed by atoms with Crippen molar-refractivity contribution in [2.45, 2.75) is 25.5 Å². The van der Waals surface area contributed by atoms with Crippen LogP contribution in [0.1, 0.15) is 23.8 Å². The molecule has 0 aromatic carbocycles. The lowest BCUT2D eigenvalue weighted by Crippen LogP contribution is -2.43. The van der Waals surface area contributed by atoms with E-state index in [2.05, 4.69) is 10.4 Å². The average Bonchev–Trinajstić information content (AvgIpc) is 2.93. The van der Waals surface area contributed by atoms with E-state index in [-0.39, 0.29) is 24.8 Å². The molecule has 1 aromatic rings. The number of hydrogen-bond donors (Lipinski definition) is 3. The zero-order valence-electron chi connectivity index (χ0n) is 10.3. The molecule has 2 heterocycles. The Morgan fingerprint density at radius 2 is 2.56 bits per heavy atom. The Morgan fingerprint density at radius 1 is 1.78 bits per heavy atom. The number of aromatic nitrogens is 2. The van der Waals surface area contributed by atoms with Gasteiger partial charge in [0, 0.05) is 32.3 Å². The van der Waals surface area contributed by atoms with E-state index < -0.39 is 5.60 Å². The van der Waals surface area contributed by atoms with Gasteiger partial charge < -0.3 is 20.9 Å². The minimum atomic E-state index is -0.974. The first kappa shape index (κ1) is 12.8. The fraction of sp³-hybridized carbons (Fsp3) is 0.636. The topological polar surface area (TPSA) is 102 Å². The fourth-order valence-electron chi connectivity index (χ4n) is 1.84. The van der Waals surface area contributed by atoms with Crippen LogP contribution in [-0.2, 0) is 11.3 Å². The number of nitrogens with two attached hydrogens (primary N) is 1. The Bertz CT molecular complexity index is 437. The highest BCUT2D eigenvalue weighted by molar-refractivity contribution is 5.97. The van der Waals surface area contributed by atoms with Crippen LogP contribution in [0.4, 0.5) is 5.69 Å². The van der Waals surface area contributed by atoms with Gasteiger partial charge >= 0.3 is 0 Å². The van der Waals surface area contributed by atoms with Crippen molar-refractivity contribution in [1.29, 1.82) is 0 Å². The van der Waals surface area contributed by atoms with Crippen molar-refractivity contribution in [3.63, 3.8) is 0 Å².